The summed E-state index contributed by atoms with van der Waals surface area (Å²) in [5, 5.41) is 0. The van der Waals surface area contributed by atoms with Crippen LogP contribution >= 0.6 is 24.0 Å². The maximum absolute atomic E-state index is 13.4. The minimum Gasteiger partial charge on any atom is -0.490 e. The molecule has 0 aliphatic heterocycles. The van der Waals surface area contributed by atoms with E-state index in [0.29, 0.717) is 12.2 Å². The van der Waals surface area contributed by atoms with E-state index in [2.05, 4.69) is 0 Å². The highest BCUT2D eigenvalue weighted by molar-refractivity contribution is 7.98. The van der Waals surface area contributed by atoms with Crippen molar-refractivity contribution in [3.8, 4) is 5.75 Å². The second-order valence-corrected chi connectivity index (χ2v) is 4.28. The van der Waals surface area contributed by atoms with E-state index in [-0.39, 0.29) is 10.7 Å². The first-order valence-electron chi connectivity index (χ1n) is 4.36. The van der Waals surface area contributed by atoms with Crippen molar-refractivity contribution >= 4 is 29.0 Å². The van der Waals surface area contributed by atoms with Gasteiger partial charge in [-0.25, -0.2) is 4.39 Å². The van der Waals surface area contributed by atoms with Crippen molar-refractivity contribution in [2.75, 3.05) is 18.6 Å². The van der Waals surface area contributed by atoms with E-state index in [1.165, 1.54) is 6.07 Å². The fourth-order valence-corrected chi connectivity index (χ4v) is 1.38. The van der Waals surface area contributed by atoms with Crippen molar-refractivity contribution in [3.63, 3.8) is 0 Å². The third-order valence-electron chi connectivity index (χ3n) is 1.76. The van der Waals surface area contributed by atoms with Crippen LogP contribution in [-0.2, 0) is 0 Å². The topological polar surface area (TPSA) is 35.2 Å². The molecule has 0 aromatic heterocycles. The molecule has 0 atom stereocenters. The molecule has 1 aromatic rings. The third kappa shape index (κ3) is 3.68. The summed E-state index contributed by atoms with van der Waals surface area (Å²) >= 11 is 6.38. The van der Waals surface area contributed by atoms with Gasteiger partial charge in [-0.05, 0) is 24.5 Å². The van der Waals surface area contributed by atoms with E-state index in [9.17, 15) is 4.39 Å². The Morgan fingerprint density at radius 1 is 1.60 bits per heavy atom. The minimum atomic E-state index is -0.429. The molecule has 0 spiro atoms. The number of thiocarbonyl (C=S) groups is 1. The second kappa shape index (κ2) is 5.92. The highest BCUT2D eigenvalue weighted by Crippen LogP contribution is 2.18. The van der Waals surface area contributed by atoms with Crippen LogP contribution in [0.4, 0.5) is 4.39 Å². The summed E-state index contributed by atoms with van der Waals surface area (Å²) in [7, 11) is 0. The van der Waals surface area contributed by atoms with E-state index in [4.69, 9.17) is 22.7 Å². The van der Waals surface area contributed by atoms with Gasteiger partial charge in [-0.2, -0.15) is 11.8 Å². The van der Waals surface area contributed by atoms with Gasteiger partial charge in [0, 0.05) is 11.3 Å². The molecule has 0 unspecified atom stereocenters. The molecule has 0 fully saturated rings. The van der Waals surface area contributed by atoms with Crippen LogP contribution in [0.25, 0.3) is 0 Å². The maximum Gasteiger partial charge on any atom is 0.165 e. The van der Waals surface area contributed by atoms with Crippen molar-refractivity contribution in [2.45, 2.75) is 0 Å². The molecule has 0 aliphatic carbocycles. The van der Waals surface area contributed by atoms with Gasteiger partial charge in [-0.15, -0.1) is 0 Å². The molecule has 2 N–H and O–H groups in total. The zero-order chi connectivity index (χ0) is 11.3. The third-order valence-corrected chi connectivity index (χ3v) is 2.57. The van der Waals surface area contributed by atoms with E-state index < -0.39 is 5.82 Å². The quantitative estimate of drug-likeness (QED) is 0.637. The van der Waals surface area contributed by atoms with Crippen molar-refractivity contribution in [1.29, 1.82) is 0 Å². The van der Waals surface area contributed by atoms with Gasteiger partial charge in [-0.3, -0.25) is 0 Å². The lowest BCUT2D eigenvalue weighted by Crippen LogP contribution is -2.10. The predicted octanol–water partition coefficient (Wildman–Crippen LogP) is 2.20. The first-order chi connectivity index (χ1) is 7.15. The van der Waals surface area contributed by atoms with E-state index >= 15 is 0 Å². The van der Waals surface area contributed by atoms with Crippen molar-refractivity contribution in [3.05, 3.63) is 29.6 Å². The number of hydrogen-bond donors (Lipinski definition) is 1. The number of nitrogens with two attached hydrogens (primary N) is 1. The maximum atomic E-state index is 13.4. The Labute approximate surface area is 98.0 Å². The molecule has 0 saturated carbocycles. The highest BCUT2D eigenvalue weighted by atomic mass is 32.2. The Balaban J connectivity index is 2.70. The van der Waals surface area contributed by atoms with Crippen molar-refractivity contribution in [1.82, 2.24) is 0 Å². The SMILES string of the molecule is CSCCOc1ccc(C(N)=S)cc1F. The fraction of sp³-hybridized carbons (Fsp3) is 0.300. The summed E-state index contributed by atoms with van der Waals surface area (Å²) in [6.45, 7) is 0.491. The van der Waals surface area contributed by atoms with Crippen LogP contribution in [0.2, 0.25) is 0 Å². The molecule has 82 valence electrons. The van der Waals surface area contributed by atoms with E-state index in [0.717, 1.165) is 5.75 Å². The van der Waals surface area contributed by atoms with Crippen LogP contribution in [0.15, 0.2) is 18.2 Å². The fourth-order valence-electron chi connectivity index (χ4n) is 1.01. The molecule has 0 saturated heterocycles. The van der Waals surface area contributed by atoms with Crippen LogP contribution in [0.5, 0.6) is 5.75 Å². The summed E-state index contributed by atoms with van der Waals surface area (Å²) in [4.78, 5) is 0.185. The Morgan fingerprint density at radius 2 is 2.33 bits per heavy atom. The Morgan fingerprint density at radius 3 is 2.87 bits per heavy atom. The minimum absolute atomic E-state index is 0.185. The molecule has 15 heavy (non-hydrogen) atoms. The molecular weight excluding hydrogens is 233 g/mol. The van der Waals surface area contributed by atoms with Crippen LogP contribution in [-0.4, -0.2) is 23.6 Å². The highest BCUT2D eigenvalue weighted by Gasteiger charge is 2.05. The number of ether oxygens (including phenoxy) is 1. The smallest absolute Gasteiger partial charge is 0.165 e. The predicted molar refractivity (Wildman–Crippen MR) is 66.2 cm³/mol. The van der Waals surface area contributed by atoms with Crippen molar-refractivity contribution < 1.29 is 9.13 Å². The number of rotatable bonds is 5. The Bertz CT molecular complexity index is 357. The first kappa shape index (κ1) is 12.3. The molecule has 2 nitrogen and oxygen atoms in total. The molecule has 0 bridgehead atoms. The molecular formula is C10H12FNOS2. The van der Waals surface area contributed by atoms with Crippen LogP contribution in [0.1, 0.15) is 5.56 Å². The zero-order valence-electron chi connectivity index (χ0n) is 8.33. The lowest BCUT2D eigenvalue weighted by Gasteiger charge is -2.07. The lowest BCUT2D eigenvalue weighted by molar-refractivity contribution is 0.325. The number of halogens is 1. The molecule has 0 radical (unpaired) electrons. The van der Waals surface area contributed by atoms with Gasteiger partial charge in [0.1, 0.15) is 4.99 Å². The molecule has 1 rings (SSSR count). The van der Waals surface area contributed by atoms with Gasteiger partial charge in [-0.1, -0.05) is 12.2 Å². The van der Waals surface area contributed by atoms with Gasteiger partial charge >= 0.3 is 0 Å². The van der Waals surface area contributed by atoms with Gasteiger partial charge in [0.05, 0.1) is 6.61 Å². The summed E-state index contributed by atoms with van der Waals surface area (Å²) in [5.74, 6) is 0.640. The average Bonchev–Trinajstić information content (AvgIpc) is 2.20. The van der Waals surface area contributed by atoms with Crippen LogP contribution in [0.3, 0.4) is 0 Å². The van der Waals surface area contributed by atoms with Crippen LogP contribution < -0.4 is 10.5 Å². The molecule has 1 aromatic carbocycles. The van der Waals surface area contributed by atoms with Gasteiger partial charge in [0.2, 0.25) is 0 Å². The number of thioether (sulfide) groups is 1. The number of benzene rings is 1. The summed E-state index contributed by atoms with van der Waals surface area (Å²) in [6, 6.07) is 4.49. The monoisotopic (exact) mass is 245 g/mol. The zero-order valence-corrected chi connectivity index (χ0v) is 9.96. The summed E-state index contributed by atoms with van der Waals surface area (Å²) < 4.78 is 18.6. The van der Waals surface area contributed by atoms with Gasteiger partial charge < -0.3 is 10.5 Å². The van der Waals surface area contributed by atoms with E-state index in [1.54, 1.807) is 23.9 Å². The second-order valence-electron chi connectivity index (χ2n) is 2.85. The lowest BCUT2D eigenvalue weighted by atomic mass is 10.2. The standard InChI is InChI=1S/C10H12FNOS2/c1-15-5-4-13-9-3-2-7(10(12)14)6-8(9)11/h2-3,6H,4-5H2,1H3,(H2,12,14). The molecule has 0 amide bonds. The van der Waals surface area contributed by atoms with Gasteiger partial charge in [0.25, 0.3) is 0 Å². The van der Waals surface area contributed by atoms with Crippen LogP contribution in [0, 0.1) is 5.82 Å². The Hall–Kier alpha value is -0.810. The normalized spacial score (nSPS) is 10.0. The van der Waals surface area contributed by atoms with Crippen molar-refractivity contribution in [2.24, 2.45) is 5.73 Å². The summed E-state index contributed by atoms with van der Waals surface area (Å²) in [5.41, 5.74) is 5.89. The Kier molecular flexibility index (Phi) is 4.84. The van der Waals surface area contributed by atoms with E-state index in [1.807, 2.05) is 6.26 Å². The average molecular weight is 245 g/mol. The molecule has 5 heteroatoms. The number of hydrogen-bond acceptors (Lipinski definition) is 3. The molecule has 0 aliphatic rings. The first-order valence-corrected chi connectivity index (χ1v) is 6.16. The summed E-state index contributed by atoms with van der Waals surface area (Å²) in [6.07, 6.45) is 1.97. The molecule has 0 heterocycles. The largest absolute Gasteiger partial charge is 0.490 e. The van der Waals surface area contributed by atoms with Gasteiger partial charge in [0.15, 0.2) is 11.6 Å².